The lowest BCUT2D eigenvalue weighted by Gasteiger charge is -2.36. The maximum atomic E-state index is 12.3. The molecule has 0 heterocycles. The van der Waals surface area contributed by atoms with Crippen molar-refractivity contribution in [2.24, 2.45) is 16.9 Å². The Morgan fingerprint density at radius 3 is 2.05 bits per heavy atom. The van der Waals surface area contributed by atoms with E-state index in [1.807, 2.05) is 13.8 Å². The maximum absolute atomic E-state index is 12.3. The number of hydrogen-bond acceptors (Lipinski definition) is 3. The van der Waals surface area contributed by atoms with Gasteiger partial charge in [-0.1, -0.05) is 33.1 Å². The molecule has 1 aliphatic rings. The van der Waals surface area contributed by atoms with Crippen LogP contribution in [0.15, 0.2) is 0 Å². The van der Waals surface area contributed by atoms with Crippen molar-refractivity contribution in [2.75, 3.05) is 13.1 Å². The van der Waals surface area contributed by atoms with Gasteiger partial charge in [0, 0.05) is 18.6 Å². The number of nitrogens with one attached hydrogen (secondary N) is 1. The van der Waals surface area contributed by atoms with Crippen molar-refractivity contribution in [1.29, 1.82) is 0 Å². The summed E-state index contributed by atoms with van der Waals surface area (Å²) in [4.78, 5) is 12.3. The van der Waals surface area contributed by atoms with Gasteiger partial charge in [-0.05, 0) is 25.7 Å². The van der Waals surface area contributed by atoms with E-state index in [1.54, 1.807) is 0 Å². The van der Waals surface area contributed by atoms with Gasteiger partial charge in [0.25, 0.3) is 0 Å². The Morgan fingerprint density at radius 2 is 1.65 bits per heavy atom. The Bertz CT molecular complexity index is 269. The predicted molar refractivity (Wildman–Crippen MR) is 89.6 cm³/mol. The fraction of sp³-hybridized carbons (Fsp3) is 0.929. The van der Waals surface area contributed by atoms with Gasteiger partial charge in [0.05, 0.1) is 5.41 Å². The number of halogens is 2. The van der Waals surface area contributed by atoms with Crippen LogP contribution in [-0.2, 0) is 4.79 Å². The molecule has 20 heavy (non-hydrogen) atoms. The van der Waals surface area contributed by atoms with Crippen LogP contribution in [0.2, 0.25) is 0 Å². The van der Waals surface area contributed by atoms with Gasteiger partial charge in [-0.15, -0.1) is 24.8 Å². The quantitative estimate of drug-likeness (QED) is 0.700. The summed E-state index contributed by atoms with van der Waals surface area (Å²) in [6, 6.07) is 0. The van der Waals surface area contributed by atoms with Crippen molar-refractivity contribution in [3.8, 4) is 0 Å². The zero-order valence-electron chi connectivity index (χ0n) is 12.7. The molecule has 0 aliphatic heterocycles. The van der Waals surface area contributed by atoms with Gasteiger partial charge in [0.1, 0.15) is 0 Å². The summed E-state index contributed by atoms with van der Waals surface area (Å²) in [5.41, 5.74) is 11.5. The molecule has 1 amide bonds. The first-order valence-corrected chi connectivity index (χ1v) is 7.29. The second kappa shape index (κ2) is 9.82. The summed E-state index contributed by atoms with van der Waals surface area (Å²) in [5, 5.41) is 3.04. The number of rotatable bonds is 6. The van der Waals surface area contributed by atoms with E-state index < -0.39 is 5.41 Å². The fourth-order valence-corrected chi connectivity index (χ4v) is 2.83. The van der Waals surface area contributed by atoms with Crippen LogP contribution in [0.3, 0.4) is 0 Å². The molecule has 1 rings (SSSR count). The van der Waals surface area contributed by atoms with E-state index in [9.17, 15) is 4.79 Å². The Balaban J connectivity index is 0. The molecule has 0 aromatic carbocycles. The molecular formula is C14H31Cl2N3O. The van der Waals surface area contributed by atoms with E-state index in [0.717, 1.165) is 25.7 Å². The number of carbonyl (C=O) groups is 1. The molecule has 122 valence electrons. The van der Waals surface area contributed by atoms with Gasteiger partial charge in [0.2, 0.25) is 5.91 Å². The molecule has 0 unspecified atom stereocenters. The van der Waals surface area contributed by atoms with Crippen LogP contribution >= 0.6 is 24.8 Å². The van der Waals surface area contributed by atoms with Crippen LogP contribution in [0, 0.1) is 5.41 Å². The lowest BCUT2D eigenvalue weighted by atomic mass is 9.80. The number of carbonyl (C=O) groups excluding carboxylic acids is 1. The standard InChI is InChI=1S/C14H29N3O.2ClH/c1-3-13(4-2,10-15)12(18)17-11-14(16)8-6-5-7-9-14;;/h3-11,15-16H2,1-2H3,(H,17,18);2*1H. The van der Waals surface area contributed by atoms with Crippen molar-refractivity contribution in [3.05, 3.63) is 0 Å². The molecule has 0 spiro atoms. The largest absolute Gasteiger partial charge is 0.354 e. The van der Waals surface area contributed by atoms with Gasteiger partial charge >= 0.3 is 0 Å². The normalized spacial score (nSPS) is 17.6. The van der Waals surface area contributed by atoms with E-state index in [1.165, 1.54) is 19.3 Å². The highest BCUT2D eigenvalue weighted by molar-refractivity contribution is 5.85. The lowest BCUT2D eigenvalue weighted by molar-refractivity contribution is -0.131. The van der Waals surface area contributed by atoms with Crippen LogP contribution < -0.4 is 16.8 Å². The van der Waals surface area contributed by atoms with Gasteiger partial charge in [0.15, 0.2) is 0 Å². The van der Waals surface area contributed by atoms with Crippen molar-refractivity contribution < 1.29 is 4.79 Å². The van der Waals surface area contributed by atoms with Crippen molar-refractivity contribution in [3.63, 3.8) is 0 Å². The topological polar surface area (TPSA) is 81.1 Å². The van der Waals surface area contributed by atoms with Crippen LogP contribution in [0.25, 0.3) is 0 Å². The van der Waals surface area contributed by atoms with Crippen LogP contribution in [0.1, 0.15) is 58.8 Å². The molecule has 5 N–H and O–H groups in total. The Labute approximate surface area is 135 Å². The van der Waals surface area contributed by atoms with E-state index >= 15 is 0 Å². The highest BCUT2D eigenvalue weighted by Gasteiger charge is 2.35. The summed E-state index contributed by atoms with van der Waals surface area (Å²) in [6.45, 7) is 5.04. The molecule has 6 heteroatoms. The van der Waals surface area contributed by atoms with Crippen molar-refractivity contribution in [1.82, 2.24) is 5.32 Å². The third kappa shape index (κ3) is 5.40. The van der Waals surface area contributed by atoms with Crippen LogP contribution in [0.5, 0.6) is 0 Å². The zero-order valence-corrected chi connectivity index (χ0v) is 14.4. The SMILES string of the molecule is CCC(CC)(CN)C(=O)NCC1(N)CCCCC1.Cl.Cl. The molecular weight excluding hydrogens is 297 g/mol. The lowest BCUT2D eigenvalue weighted by Crippen LogP contribution is -2.54. The second-order valence-corrected chi connectivity index (χ2v) is 5.80. The minimum atomic E-state index is -0.412. The fourth-order valence-electron chi connectivity index (χ4n) is 2.83. The van der Waals surface area contributed by atoms with Crippen molar-refractivity contribution in [2.45, 2.75) is 64.3 Å². The Hall–Kier alpha value is -0.0300. The number of hydrogen-bond donors (Lipinski definition) is 3. The number of nitrogens with two attached hydrogens (primary N) is 2. The average molecular weight is 328 g/mol. The molecule has 0 atom stereocenters. The summed E-state index contributed by atoms with van der Waals surface area (Å²) >= 11 is 0. The summed E-state index contributed by atoms with van der Waals surface area (Å²) in [7, 11) is 0. The smallest absolute Gasteiger partial charge is 0.227 e. The molecule has 1 fully saturated rings. The van der Waals surface area contributed by atoms with E-state index in [-0.39, 0.29) is 36.3 Å². The first kappa shape index (κ1) is 22.3. The van der Waals surface area contributed by atoms with Gasteiger partial charge < -0.3 is 16.8 Å². The van der Waals surface area contributed by atoms with Gasteiger partial charge in [-0.3, -0.25) is 4.79 Å². The Morgan fingerprint density at radius 1 is 1.15 bits per heavy atom. The zero-order chi connectivity index (χ0) is 13.6. The Kier molecular flexibility index (Phi) is 10.9. The summed E-state index contributed by atoms with van der Waals surface area (Å²) in [6.07, 6.45) is 7.21. The third-order valence-corrected chi connectivity index (χ3v) is 4.68. The van der Waals surface area contributed by atoms with Crippen LogP contribution in [-0.4, -0.2) is 24.5 Å². The summed E-state index contributed by atoms with van der Waals surface area (Å²) in [5.74, 6) is 0.0744. The van der Waals surface area contributed by atoms with E-state index in [4.69, 9.17) is 11.5 Å². The molecule has 1 aliphatic carbocycles. The second-order valence-electron chi connectivity index (χ2n) is 5.80. The number of amides is 1. The highest BCUT2D eigenvalue weighted by Crippen LogP contribution is 2.27. The molecule has 0 aromatic rings. The van der Waals surface area contributed by atoms with Crippen LogP contribution in [0.4, 0.5) is 0 Å². The van der Waals surface area contributed by atoms with E-state index in [2.05, 4.69) is 5.32 Å². The maximum Gasteiger partial charge on any atom is 0.227 e. The third-order valence-electron chi connectivity index (χ3n) is 4.68. The molecule has 0 radical (unpaired) electrons. The molecule has 0 bridgehead atoms. The first-order valence-electron chi connectivity index (χ1n) is 7.29. The molecule has 4 nitrogen and oxygen atoms in total. The molecule has 0 aromatic heterocycles. The monoisotopic (exact) mass is 327 g/mol. The van der Waals surface area contributed by atoms with E-state index in [0.29, 0.717) is 13.1 Å². The first-order chi connectivity index (χ1) is 8.52. The predicted octanol–water partition coefficient (Wildman–Crippen LogP) is 2.37. The minimum absolute atomic E-state index is 0. The minimum Gasteiger partial charge on any atom is -0.354 e. The van der Waals surface area contributed by atoms with Gasteiger partial charge in [-0.2, -0.15) is 0 Å². The van der Waals surface area contributed by atoms with Gasteiger partial charge in [-0.25, -0.2) is 0 Å². The van der Waals surface area contributed by atoms with Crippen molar-refractivity contribution >= 4 is 30.7 Å². The molecule has 1 saturated carbocycles. The highest BCUT2D eigenvalue weighted by atomic mass is 35.5. The average Bonchev–Trinajstić information content (AvgIpc) is 2.40. The summed E-state index contributed by atoms with van der Waals surface area (Å²) < 4.78 is 0. The molecule has 0 saturated heterocycles.